The van der Waals surface area contributed by atoms with Gasteiger partial charge in [0.15, 0.2) is 23.1 Å². The van der Waals surface area contributed by atoms with E-state index in [1.54, 1.807) is 0 Å². The minimum Gasteiger partial charge on any atom is -0.456 e. The zero-order valence-corrected chi connectivity index (χ0v) is 27.6. The molecule has 0 bridgehead atoms. The molecule has 11 aromatic rings. The van der Waals surface area contributed by atoms with Crippen LogP contribution in [0.3, 0.4) is 0 Å². The molecule has 0 aliphatic heterocycles. The number of benzene rings is 7. The molecule has 0 radical (unpaired) electrons. The normalized spacial score (nSPS) is 11.8. The third kappa shape index (κ3) is 4.44. The topological polar surface area (TPSA) is 77.8 Å². The van der Waals surface area contributed by atoms with Crippen LogP contribution >= 0.6 is 0 Å². The highest BCUT2D eigenvalue weighted by molar-refractivity contribution is 6.15. The maximum Gasteiger partial charge on any atom is 0.164 e. The van der Waals surface area contributed by atoms with E-state index in [2.05, 4.69) is 97.1 Å². The summed E-state index contributed by atoms with van der Waals surface area (Å²) in [6, 6.07) is 51.7. The van der Waals surface area contributed by atoms with Gasteiger partial charge in [-0.2, -0.15) is 0 Å². The summed E-state index contributed by atoms with van der Waals surface area (Å²) in [6.07, 6.45) is 1.81. The van der Waals surface area contributed by atoms with E-state index in [0.717, 1.165) is 93.4 Å². The van der Waals surface area contributed by atoms with Crippen molar-refractivity contribution >= 4 is 65.6 Å². The van der Waals surface area contributed by atoms with Crippen LogP contribution in [-0.2, 0) is 0 Å². The molecule has 4 aromatic heterocycles. The fraction of sp³-hybridized carbons (Fsp3) is 0. The van der Waals surface area contributed by atoms with Gasteiger partial charge in [-0.05, 0) is 81.2 Å². The minimum absolute atomic E-state index is 0.576. The minimum atomic E-state index is 0.576. The number of aromatic nitrogens is 4. The summed E-state index contributed by atoms with van der Waals surface area (Å²) < 4.78 is 12.5. The number of rotatable bonds is 4. The predicted molar refractivity (Wildman–Crippen MR) is 209 cm³/mol. The van der Waals surface area contributed by atoms with Gasteiger partial charge in [-0.3, -0.25) is 4.98 Å². The first-order valence-corrected chi connectivity index (χ1v) is 17.2. The predicted octanol–water partition coefficient (Wildman–Crippen LogP) is 12.0. The molecule has 242 valence electrons. The quantitative estimate of drug-likeness (QED) is 0.186. The number of fused-ring (bicyclic) bond motifs is 8. The van der Waals surface area contributed by atoms with Gasteiger partial charge in [-0.15, -0.1) is 0 Å². The highest BCUT2D eigenvalue weighted by Gasteiger charge is 2.20. The number of pyridine rings is 1. The zero-order chi connectivity index (χ0) is 34.2. The lowest BCUT2D eigenvalue weighted by Gasteiger charge is -2.13. The third-order valence-corrected chi connectivity index (χ3v) is 9.95. The van der Waals surface area contributed by atoms with Crippen LogP contribution in [0.4, 0.5) is 0 Å². The molecular weight excluding hydrogens is 641 g/mol. The summed E-state index contributed by atoms with van der Waals surface area (Å²) in [7, 11) is 0. The average molecular weight is 667 g/mol. The maximum absolute atomic E-state index is 6.28. The molecule has 0 spiro atoms. The molecule has 7 aromatic carbocycles. The summed E-state index contributed by atoms with van der Waals surface area (Å²) >= 11 is 0. The van der Waals surface area contributed by atoms with Crippen LogP contribution in [0, 0.1) is 0 Å². The van der Waals surface area contributed by atoms with Crippen LogP contribution in [0.1, 0.15) is 0 Å². The highest BCUT2D eigenvalue weighted by Crippen LogP contribution is 2.41. The fourth-order valence-corrected chi connectivity index (χ4v) is 7.57. The zero-order valence-electron chi connectivity index (χ0n) is 27.6. The molecule has 0 saturated carbocycles. The third-order valence-electron chi connectivity index (χ3n) is 9.95. The number of furan rings is 2. The van der Waals surface area contributed by atoms with E-state index in [-0.39, 0.29) is 0 Å². The van der Waals surface area contributed by atoms with Crippen LogP contribution in [0.15, 0.2) is 167 Å². The second-order valence-electron chi connectivity index (χ2n) is 13.0. The number of para-hydroxylation sites is 1. The van der Waals surface area contributed by atoms with Crippen molar-refractivity contribution in [2.45, 2.75) is 0 Å². The Morgan fingerprint density at radius 1 is 0.365 bits per heavy atom. The molecule has 0 fully saturated rings. The van der Waals surface area contributed by atoms with Gasteiger partial charge in [0.05, 0.1) is 5.39 Å². The van der Waals surface area contributed by atoms with Crippen molar-refractivity contribution in [3.05, 3.63) is 158 Å². The van der Waals surface area contributed by atoms with Crippen molar-refractivity contribution in [1.29, 1.82) is 0 Å². The van der Waals surface area contributed by atoms with E-state index in [0.29, 0.717) is 17.5 Å². The Bertz CT molecular complexity index is 3210. The van der Waals surface area contributed by atoms with Crippen LogP contribution in [0.5, 0.6) is 0 Å². The van der Waals surface area contributed by atoms with Crippen molar-refractivity contribution in [1.82, 2.24) is 19.9 Å². The van der Waals surface area contributed by atoms with E-state index in [1.165, 1.54) is 0 Å². The summed E-state index contributed by atoms with van der Waals surface area (Å²) in [6.45, 7) is 0. The molecule has 52 heavy (non-hydrogen) atoms. The lowest BCUT2D eigenvalue weighted by molar-refractivity contribution is 0.668. The van der Waals surface area contributed by atoms with Gasteiger partial charge in [0.2, 0.25) is 0 Å². The Morgan fingerprint density at radius 3 is 1.88 bits per heavy atom. The summed E-state index contributed by atoms with van der Waals surface area (Å²) in [5, 5.41) is 7.44. The molecule has 6 nitrogen and oxygen atoms in total. The van der Waals surface area contributed by atoms with Gasteiger partial charge in [-0.1, -0.05) is 103 Å². The van der Waals surface area contributed by atoms with E-state index >= 15 is 0 Å². The molecule has 0 saturated heterocycles. The molecule has 4 heterocycles. The maximum atomic E-state index is 6.28. The van der Waals surface area contributed by atoms with Crippen molar-refractivity contribution in [2.24, 2.45) is 0 Å². The molecule has 0 N–H and O–H groups in total. The molecule has 0 unspecified atom stereocenters. The van der Waals surface area contributed by atoms with Gasteiger partial charge in [0.25, 0.3) is 0 Å². The Labute approximate surface area is 296 Å². The molecule has 11 rings (SSSR count). The van der Waals surface area contributed by atoms with Crippen LogP contribution in [0.25, 0.3) is 111 Å². The molecule has 6 heteroatoms. The Morgan fingerprint density at radius 2 is 1.00 bits per heavy atom. The first-order valence-electron chi connectivity index (χ1n) is 17.2. The first kappa shape index (κ1) is 28.6. The van der Waals surface area contributed by atoms with Crippen LogP contribution in [-0.4, -0.2) is 19.9 Å². The van der Waals surface area contributed by atoms with E-state index < -0.39 is 0 Å². The molecule has 0 amide bonds. The van der Waals surface area contributed by atoms with Gasteiger partial charge in [-0.25, -0.2) is 15.0 Å². The lowest BCUT2D eigenvalue weighted by atomic mass is 9.93. The second-order valence-corrected chi connectivity index (χ2v) is 13.0. The Hall–Kier alpha value is -7.18. The smallest absolute Gasteiger partial charge is 0.164 e. The first-order chi connectivity index (χ1) is 25.7. The average Bonchev–Trinajstić information content (AvgIpc) is 3.79. The highest BCUT2D eigenvalue weighted by atomic mass is 16.3. The fourth-order valence-electron chi connectivity index (χ4n) is 7.57. The van der Waals surface area contributed by atoms with Gasteiger partial charge in [0.1, 0.15) is 22.3 Å². The molecule has 0 aliphatic rings. The number of hydrogen-bond acceptors (Lipinski definition) is 6. The van der Waals surface area contributed by atoms with Gasteiger partial charge < -0.3 is 8.83 Å². The standard InChI is InChI=1S/C46H26N4O2/c1-2-11-28-24-30(22-21-27(28)10-1)44-48-45(50-46(49-44)35-16-8-18-38-41(35)34-14-5-6-17-37(34)51-38)31-25-29-12-3-4-13-32(29)36(26-31)33-15-7-19-39-42(33)43-40(52-39)20-9-23-47-43/h1-26H. The Balaban J connectivity index is 1.20. The molecular formula is C46H26N4O2. The summed E-state index contributed by atoms with van der Waals surface area (Å²) in [5.41, 5.74) is 8.75. The summed E-state index contributed by atoms with van der Waals surface area (Å²) in [5.74, 6) is 1.75. The van der Waals surface area contributed by atoms with E-state index in [1.807, 2.05) is 60.8 Å². The summed E-state index contributed by atoms with van der Waals surface area (Å²) in [4.78, 5) is 20.4. The van der Waals surface area contributed by atoms with Crippen molar-refractivity contribution in [2.75, 3.05) is 0 Å². The second kappa shape index (κ2) is 11.2. The molecule has 0 aliphatic carbocycles. The van der Waals surface area contributed by atoms with Crippen LogP contribution in [0.2, 0.25) is 0 Å². The lowest BCUT2D eigenvalue weighted by Crippen LogP contribution is -2.01. The van der Waals surface area contributed by atoms with Gasteiger partial charge >= 0.3 is 0 Å². The number of nitrogens with zero attached hydrogens (tertiary/aromatic N) is 4. The van der Waals surface area contributed by atoms with Gasteiger partial charge in [0, 0.05) is 33.7 Å². The SMILES string of the molecule is c1ccc2cc(-c3nc(-c4cc(-c5cccc6oc7cccnc7c56)c5ccccc5c4)nc(-c4cccc5oc6ccccc6c45)n3)ccc2c1. The van der Waals surface area contributed by atoms with Crippen molar-refractivity contribution in [3.63, 3.8) is 0 Å². The van der Waals surface area contributed by atoms with Crippen LogP contribution < -0.4 is 0 Å². The largest absolute Gasteiger partial charge is 0.456 e. The van der Waals surface area contributed by atoms with E-state index in [9.17, 15) is 0 Å². The Kier molecular flexibility index (Phi) is 6.15. The van der Waals surface area contributed by atoms with Crippen molar-refractivity contribution in [3.8, 4) is 45.3 Å². The number of hydrogen-bond donors (Lipinski definition) is 0. The van der Waals surface area contributed by atoms with Crippen molar-refractivity contribution < 1.29 is 8.83 Å². The monoisotopic (exact) mass is 666 g/mol. The molecule has 0 atom stereocenters. The van der Waals surface area contributed by atoms with E-state index in [4.69, 9.17) is 28.8 Å².